The van der Waals surface area contributed by atoms with Crippen molar-refractivity contribution in [3.63, 3.8) is 0 Å². The minimum Gasteiger partial charge on any atom is -0.497 e. The summed E-state index contributed by atoms with van der Waals surface area (Å²) in [5.41, 5.74) is 4.24. The van der Waals surface area contributed by atoms with Crippen LogP contribution in [0, 0.1) is 13.8 Å². The summed E-state index contributed by atoms with van der Waals surface area (Å²) in [6.45, 7) is 6.59. The number of nitrogens with zero attached hydrogens (tertiary/aromatic N) is 3. The van der Waals surface area contributed by atoms with E-state index in [-0.39, 0.29) is 12.1 Å². The van der Waals surface area contributed by atoms with Crippen molar-refractivity contribution in [3.8, 4) is 5.75 Å². The molecule has 0 bridgehead atoms. The van der Waals surface area contributed by atoms with Crippen LogP contribution in [0.1, 0.15) is 41.4 Å². The van der Waals surface area contributed by atoms with Gasteiger partial charge >= 0.3 is 6.03 Å². The molecule has 1 aliphatic rings. The monoisotopic (exact) mass is 386 g/mol. The Kier molecular flexibility index (Phi) is 6.57. The first-order chi connectivity index (χ1) is 13.5. The third-order valence-electron chi connectivity index (χ3n) is 5.47. The molecule has 1 aliphatic heterocycles. The van der Waals surface area contributed by atoms with E-state index in [1.54, 1.807) is 14.2 Å². The minimum atomic E-state index is -0.0261. The van der Waals surface area contributed by atoms with E-state index >= 15 is 0 Å². The number of amides is 2. The highest BCUT2D eigenvalue weighted by molar-refractivity contribution is 5.75. The van der Waals surface area contributed by atoms with Crippen molar-refractivity contribution >= 4 is 6.03 Å². The average Bonchev–Trinajstić information content (AvgIpc) is 3.30. The molecule has 2 amide bonds. The number of nitrogens with one attached hydrogen (secondary N) is 1. The number of carbonyl (C=O) groups is 1. The van der Waals surface area contributed by atoms with Gasteiger partial charge in [0.1, 0.15) is 5.75 Å². The van der Waals surface area contributed by atoms with Gasteiger partial charge in [-0.05, 0) is 44.4 Å². The average molecular weight is 386 g/mol. The molecule has 2 aromatic rings. The van der Waals surface area contributed by atoms with E-state index in [1.165, 1.54) is 0 Å². The number of rotatable bonds is 7. The lowest BCUT2D eigenvalue weighted by Gasteiger charge is -2.25. The largest absolute Gasteiger partial charge is 0.497 e. The molecule has 0 radical (unpaired) electrons. The van der Waals surface area contributed by atoms with E-state index in [4.69, 9.17) is 9.47 Å². The molecule has 1 aromatic heterocycles. The molecule has 7 nitrogen and oxygen atoms in total. The Morgan fingerprint density at radius 3 is 2.68 bits per heavy atom. The fourth-order valence-electron chi connectivity index (χ4n) is 3.83. The lowest BCUT2D eigenvalue weighted by molar-refractivity contribution is 0.182. The smallest absolute Gasteiger partial charge is 0.318 e. The quantitative estimate of drug-likeness (QED) is 0.793. The van der Waals surface area contributed by atoms with Crippen LogP contribution < -0.4 is 10.1 Å². The predicted molar refractivity (Wildman–Crippen MR) is 107 cm³/mol. The van der Waals surface area contributed by atoms with Gasteiger partial charge in [-0.2, -0.15) is 5.10 Å². The Morgan fingerprint density at radius 1 is 1.25 bits per heavy atom. The fourth-order valence-corrected chi connectivity index (χ4v) is 3.83. The number of methoxy groups -OCH3 is 2. The van der Waals surface area contributed by atoms with Gasteiger partial charge in [0.05, 0.1) is 32.0 Å². The highest BCUT2D eigenvalue weighted by atomic mass is 16.5. The number of likely N-dealkylation sites (tertiary alicyclic amines) is 1. The zero-order valence-electron chi connectivity index (χ0n) is 17.2. The number of hydrogen-bond acceptors (Lipinski definition) is 4. The van der Waals surface area contributed by atoms with E-state index in [2.05, 4.69) is 10.4 Å². The molecule has 0 saturated carbocycles. The van der Waals surface area contributed by atoms with Gasteiger partial charge in [-0.3, -0.25) is 4.68 Å². The summed E-state index contributed by atoms with van der Waals surface area (Å²) in [5.74, 6) is 0.828. The van der Waals surface area contributed by atoms with Gasteiger partial charge in [0.2, 0.25) is 0 Å². The first kappa shape index (κ1) is 20.2. The molecule has 3 rings (SSSR count). The second kappa shape index (κ2) is 9.10. The molecular formula is C21H30N4O3. The maximum Gasteiger partial charge on any atom is 0.318 e. The molecule has 2 heterocycles. The van der Waals surface area contributed by atoms with Crippen molar-refractivity contribution in [2.45, 2.75) is 45.8 Å². The summed E-state index contributed by atoms with van der Waals surface area (Å²) in [4.78, 5) is 14.8. The zero-order valence-corrected chi connectivity index (χ0v) is 17.2. The van der Waals surface area contributed by atoms with Crippen LogP contribution in [0.4, 0.5) is 4.79 Å². The molecule has 1 atom stereocenters. The van der Waals surface area contributed by atoms with Crippen LogP contribution in [0.5, 0.6) is 5.75 Å². The Hall–Kier alpha value is -2.54. The summed E-state index contributed by atoms with van der Waals surface area (Å²) in [7, 11) is 3.34. The second-order valence-corrected chi connectivity index (χ2v) is 7.15. The molecule has 1 unspecified atom stereocenters. The molecule has 152 valence electrons. The molecule has 0 spiro atoms. The molecule has 1 fully saturated rings. The third-order valence-corrected chi connectivity index (χ3v) is 5.47. The SMILES string of the molecule is COCCn1nc(C)c(CNC(=O)N2CCCC2c2ccc(OC)cc2)c1C. The standard InChI is InChI=1S/C21H30N4O3/c1-15-19(16(2)25(23-15)12-13-27-3)14-22-21(26)24-11-5-6-20(24)17-7-9-18(28-4)10-8-17/h7-10,20H,5-6,11-14H2,1-4H3,(H,22,26). The van der Waals surface area contributed by atoms with Crippen molar-refractivity contribution in [3.05, 3.63) is 46.8 Å². The topological polar surface area (TPSA) is 68.6 Å². The number of aryl methyl sites for hydroxylation is 1. The first-order valence-electron chi connectivity index (χ1n) is 9.75. The number of benzene rings is 1. The van der Waals surface area contributed by atoms with Crippen molar-refractivity contribution < 1.29 is 14.3 Å². The normalized spacial score (nSPS) is 16.4. The number of aromatic nitrogens is 2. The van der Waals surface area contributed by atoms with Crippen LogP contribution in [0.2, 0.25) is 0 Å². The second-order valence-electron chi connectivity index (χ2n) is 7.15. The van der Waals surface area contributed by atoms with Gasteiger partial charge in [0.25, 0.3) is 0 Å². The van der Waals surface area contributed by atoms with Crippen molar-refractivity contribution in [2.75, 3.05) is 27.4 Å². The zero-order chi connectivity index (χ0) is 20.1. The Bertz CT molecular complexity index is 801. The molecule has 1 aromatic carbocycles. The van der Waals surface area contributed by atoms with Crippen LogP contribution in [0.3, 0.4) is 0 Å². The van der Waals surface area contributed by atoms with Gasteiger partial charge < -0.3 is 19.7 Å². The van der Waals surface area contributed by atoms with Gasteiger partial charge in [-0.1, -0.05) is 12.1 Å². The van der Waals surface area contributed by atoms with Crippen LogP contribution in [0.15, 0.2) is 24.3 Å². The van der Waals surface area contributed by atoms with E-state index < -0.39 is 0 Å². The van der Waals surface area contributed by atoms with Gasteiger partial charge in [0, 0.05) is 31.5 Å². The summed E-state index contributed by atoms with van der Waals surface area (Å²) >= 11 is 0. The van der Waals surface area contributed by atoms with Crippen LogP contribution in [-0.4, -0.2) is 48.1 Å². The summed E-state index contributed by atoms with van der Waals surface area (Å²) < 4.78 is 12.3. The lowest BCUT2D eigenvalue weighted by Crippen LogP contribution is -2.39. The summed E-state index contributed by atoms with van der Waals surface area (Å²) in [6, 6.07) is 8.07. The van der Waals surface area contributed by atoms with Crippen LogP contribution in [-0.2, 0) is 17.8 Å². The first-order valence-corrected chi connectivity index (χ1v) is 9.75. The number of carbonyl (C=O) groups excluding carboxylic acids is 1. The minimum absolute atomic E-state index is 0.0261. The molecule has 1 N–H and O–H groups in total. The maximum atomic E-state index is 12.9. The van der Waals surface area contributed by atoms with Gasteiger partial charge in [-0.25, -0.2) is 4.79 Å². The van der Waals surface area contributed by atoms with Crippen molar-refractivity contribution in [1.29, 1.82) is 0 Å². The van der Waals surface area contributed by atoms with Gasteiger partial charge in [0.15, 0.2) is 0 Å². The predicted octanol–water partition coefficient (Wildman–Crippen LogP) is 3.20. The van der Waals surface area contributed by atoms with Crippen molar-refractivity contribution in [2.24, 2.45) is 0 Å². The molecular weight excluding hydrogens is 356 g/mol. The molecule has 28 heavy (non-hydrogen) atoms. The van der Waals surface area contributed by atoms with E-state index in [1.807, 2.05) is 47.7 Å². The van der Waals surface area contributed by atoms with Crippen LogP contribution in [0.25, 0.3) is 0 Å². The molecule has 1 saturated heterocycles. The molecule has 0 aliphatic carbocycles. The van der Waals surface area contributed by atoms with E-state index in [0.29, 0.717) is 19.7 Å². The van der Waals surface area contributed by atoms with E-state index in [9.17, 15) is 4.79 Å². The summed E-state index contributed by atoms with van der Waals surface area (Å²) in [6.07, 6.45) is 1.99. The highest BCUT2D eigenvalue weighted by Gasteiger charge is 2.30. The number of hydrogen-bond donors (Lipinski definition) is 1. The summed E-state index contributed by atoms with van der Waals surface area (Å²) in [5, 5.41) is 7.65. The van der Waals surface area contributed by atoms with Crippen LogP contribution >= 0.6 is 0 Å². The Balaban J connectivity index is 1.65. The number of urea groups is 1. The fraction of sp³-hybridized carbons (Fsp3) is 0.524. The Morgan fingerprint density at radius 2 is 2.00 bits per heavy atom. The third kappa shape index (κ3) is 4.30. The molecule has 7 heteroatoms. The highest BCUT2D eigenvalue weighted by Crippen LogP contribution is 2.32. The lowest BCUT2D eigenvalue weighted by atomic mass is 10.0. The number of ether oxygens (including phenoxy) is 2. The Labute approximate surface area is 166 Å². The van der Waals surface area contributed by atoms with E-state index in [0.717, 1.165) is 47.7 Å². The maximum absolute atomic E-state index is 12.9. The van der Waals surface area contributed by atoms with Crippen molar-refractivity contribution in [1.82, 2.24) is 20.0 Å². The van der Waals surface area contributed by atoms with Gasteiger partial charge in [-0.15, -0.1) is 0 Å².